The zero-order chi connectivity index (χ0) is 35.3. The summed E-state index contributed by atoms with van der Waals surface area (Å²) in [7, 11) is 0. The number of benzene rings is 6. The molecule has 2 aliphatic heterocycles. The number of para-hydroxylation sites is 2. The van der Waals surface area contributed by atoms with Crippen LogP contribution >= 0.6 is 0 Å². The van der Waals surface area contributed by atoms with Gasteiger partial charge in [-0.2, -0.15) is 0 Å². The largest absolute Gasteiger partial charge is 0.409 e. The minimum atomic E-state index is -1.40. The number of fused-ring (bicyclic) bond motifs is 20. The summed E-state index contributed by atoms with van der Waals surface area (Å²) >= 11 is 0. The van der Waals surface area contributed by atoms with Gasteiger partial charge in [0.2, 0.25) is 22.4 Å². The third-order valence-electron chi connectivity index (χ3n) is 11.2. The number of ether oxygens (including phenoxy) is 1. The van der Waals surface area contributed by atoms with Crippen molar-refractivity contribution in [3.05, 3.63) is 186 Å². The van der Waals surface area contributed by atoms with Gasteiger partial charge in [0.25, 0.3) is 5.69 Å². The highest BCUT2D eigenvalue weighted by atomic mass is 16.6. The number of aliphatic hydroxyl groups excluding tert-OH is 1. The topological polar surface area (TPSA) is 58.2 Å². The van der Waals surface area contributed by atoms with Gasteiger partial charge < -0.3 is 9.84 Å². The van der Waals surface area contributed by atoms with Crippen LogP contribution in [0, 0.1) is 0 Å². The standard InChI is InChI=1S/C47H32N3O3/c51-28-30-25-26-50-43(27-30)46(52)53-47(50)39-21-9-5-19-37(39)44-35-17-3-1-13-31(35)33-15-7-11-23-41(33)48(44)29-49-42-24-12-8-16-34(42)32-14-2-4-18-36(32)45(49)38-20-6-10-22-40(38)47/h1-27,51H,28-29H2/q+3. The second-order valence-electron chi connectivity index (χ2n) is 13.9. The molecule has 0 unspecified atom stereocenters. The highest BCUT2D eigenvalue weighted by Gasteiger charge is 2.60. The van der Waals surface area contributed by atoms with Gasteiger partial charge in [-0.15, -0.1) is 13.7 Å². The van der Waals surface area contributed by atoms with Crippen LogP contribution in [0.1, 0.15) is 27.2 Å². The van der Waals surface area contributed by atoms with Gasteiger partial charge in [0.15, 0.2) is 6.20 Å². The Hall–Kier alpha value is -6.76. The van der Waals surface area contributed by atoms with Gasteiger partial charge in [-0.1, -0.05) is 84.9 Å². The van der Waals surface area contributed by atoms with Crippen molar-refractivity contribution in [3.8, 4) is 22.5 Å². The second-order valence-corrected chi connectivity index (χ2v) is 13.9. The van der Waals surface area contributed by atoms with Crippen LogP contribution in [0.2, 0.25) is 0 Å². The quantitative estimate of drug-likeness (QED) is 0.109. The Morgan fingerprint density at radius 3 is 1.53 bits per heavy atom. The number of carbonyl (C=O) groups is 1. The zero-order valence-corrected chi connectivity index (χ0v) is 28.6. The second kappa shape index (κ2) is 11.1. The molecule has 2 aliphatic rings. The Kier molecular flexibility index (Phi) is 6.28. The molecule has 0 radical (unpaired) electrons. The van der Waals surface area contributed by atoms with Crippen molar-refractivity contribution < 1.29 is 28.3 Å². The number of aliphatic hydroxyl groups is 1. The molecule has 11 rings (SSSR count). The molecule has 1 N–H and O–H groups in total. The number of esters is 1. The van der Waals surface area contributed by atoms with E-state index in [1.54, 1.807) is 6.07 Å². The van der Waals surface area contributed by atoms with Crippen molar-refractivity contribution in [2.75, 3.05) is 0 Å². The fourth-order valence-corrected chi connectivity index (χ4v) is 9.06. The minimum Gasteiger partial charge on any atom is -0.392 e. The van der Waals surface area contributed by atoms with Gasteiger partial charge in [0.05, 0.1) is 50.4 Å². The summed E-state index contributed by atoms with van der Waals surface area (Å²) in [5.41, 5.74) is 7.47. The lowest BCUT2D eigenvalue weighted by Gasteiger charge is -2.28. The lowest BCUT2D eigenvalue weighted by molar-refractivity contribution is -0.879. The number of carbonyl (C=O) groups excluding carboxylic acids is 1. The third-order valence-corrected chi connectivity index (χ3v) is 11.2. The van der Waals surface area contributed by atoms with Crippen LogP contribution in [-0.2, 0) is 23.7 Å². The molecule has 0 atom stereocenters. The van der Waals surface area contributed by atoms with E-state index in [4.69, 9.17) is 4.74 Å². The molecule has 0 amide bonds. The lowest BCUT2D eigenvalue weighted by atomic mass is 9.83. The van der Waals surface area contributed by atoms with Crippen LogP contribution in [0.15, 0.2) is 164 Å². The molecule has 5 heterocycles. The van der Waals surface area contributed by atoms with Crippen LogP contribution in [0.25, 0.3) is 65.9 Å². The smallest absolute Gasteiger partial charge is 0.392 e. The molecule has 6 nitrogen and oxygen atoms in total. The number of hydrogen-bond acceptors (Lipinski definition) is 3. The molecule has 0 fully saturated rings. The molecule has 0 bridgehead atoms. The molecule has 1 spiro atoms. The zero-order valence-electron chi connectivity index (χ0n) is 28.6. The van der Waals surface area contributed by atoms with E-state index < -0.39 is 11.7 Å². The monoisotopic (exact) mass is 686 g/mol. The van der Waals surface area contributed by atoms with Crippen molar-refractivity contribution in [3.63, 3.8) is 0 Å². The molecule has 9 aromatic rings. The maximum absolute atomic E-state index is 14.3. The van der Waals surface area contributed by atoms with Gasteiger partial charge >= 0.3 is 18.4 Å². The van der Waals surface area contributed by atoms with E-state index in [1.807, 2.05) is 29.0 Å². The highest BCUT2D eigenvalue weighted by molar-refractivity contribution is 6.10. The van der Waals surface area contributed by atoms with Gasteiger partial charge in [0.1, 0.15) is 0 Å². The molecule has 250 valence electrons. The Morgan fingerprint density at radius 1 is 0.547 bits per heavy atom. The first-order valence-corrected chi connectivity index (χ1v) is 17.9. The summed E-state index contributed by atoms with van der Waals surface area (Å²) in [4.78, 5) is 14.3. The Balaban J connectivity index is 1.43. The average Bonchev–Trinajstić information content (AvgIpc) is 3.52. The maximum atomic E-state index is 14.3. The molecule has 6 heteroatoms. The lowest BCUT2D eigenvalue weighted by Crippen LogP contribution is -2.59. The first-order chi connectivity index (χ1) is 26.2. The van der Waals surface area contributed by atoms with Crippen LogP contribution in [0.3, 0.4) is 0 Å². The number of rotatable bonds is 1. The van der Waals surface area contributed by atoms with Crippen molar-refractivity contribution in [2.45, 2.75) is 19.0 Å². The van der Waals surface area contributed by atoms with Crippen molar-refractivity contribution in [1.29, 1.82) is 0 Å². The Bertz CT molecular complexity index is 2870. The van der Waals surface area contributed by atoms with E-state index in [0.29, 0.717) is 17.9 Å². The van der Waals surface area contributed by atoms with Gasteiger partial charge in [0, 0.05) is 35.0 Å². The number of hydrogen-bond donors (Lipinski definition) is 1. The van der Waals surface area contributed by atoms with Crippen LogP contribution in [-0.4, -0.2) is 11.1 Å². The minimum absolute atomic E-state index is 0.187. The fourth-order valence-electron chi connectivity index (χ4n) is 9.06. The van der Waals surface area contributed by atoms with E-state index in [2.05, 4.69) is 143 Å². The van der Waals surface area contributed by atoms with Crippen LogP contribution in [0.4, 0.5) is 0 Å². The summed E-state index contributed by atoms with van der Waals surface area (Å²) in [5.74, 6) is -0.450. The highest BCUT2D eigenvalue weighted by Crippen LogP contribution is 2.46. The molecule has 0 saturated carbocycles. The van der Waals surface area contributed by atoms with Gasteiger partial charge in [-0.3, -0.25) is 0 Å². The SMILES string of the molecule is O=C1OC2(c3ccccc3-c3c4ccccc4c4ccccc4[n+]3C[n+]3c(c4ccccc4c4ccccc43)-c3ccccc32)[n+]2ccc(CO)cc21. The molecule has 0 aliphatic carbocycles. The predicted octanol–water partition coefficient (Wildman–Crippen LogP) is 7.73. The summed E-state index contributed by atoms with van der Waals surface area (Å²) in [6.45, 7) is 0.327. The van der Waals surface area contributed by atoms with Gasteiger partial charge in [-0.05, 0) is 54.1 Å². The van der Waals surface area contributed by atoms with Crippen molar-refractivity contribution >= 4 is 49.3 Å². The summed E-state index contributed by atoms with van der Waals surface area (Å²) in [5, 5.41) is 17.0. The first-order valence-electron chi connectivity index (χ1n) is 17.9. The molecule has 0 saturated heterocycles. The van der Waals surface area contributed by atoms with Crippen molar-refractivity contribution in [2.24, 2.45) is 0 Å². The average molecular weight is 687 g/mol. The molecular formula is C47H32N3O3+3. The summed E-state index contributed by atoms with van der Waals surface area (Å²) < 4.78 is 13.8. The number of nitrogens with zero attached hydrogens (tertiary/aromatic N) is 3. The maximum Gasteiger partial charge on any atom is 0.409 e. The Morgan fingerprint density at radius 2 is 1.00 bits per heavy atom. The van der Waals surface area contributed by atoms with Crippen molar-refractivity contribution in [1.82, 2.24) is 0 Å². The van der Waals surface area contributed by atoms with Gasteiger partial charge in [-0.25, -0.2) is 4.79 Å². The predicted molar refractivity (Wildman–Crippen MR) is 204 cm³/mol. The first kappa shape index (κ1) is 29.9. The summed E-state index contributed by atoms with van der Waals surface area (Å²) in [6.07, 6.45) is 1.89. The van der Waals surface area contributed by atoms with E-state index in [-0.39, 0.29) is 6.61 Å². The third kappa shape index (κ3) is 4.01. The van der Waals surface area contributed by atoms with Crippen LogP contribution < -0.4 is 13.7 Å². The number of pyridine rings is 3. The van der Waals surface area contributed by atoms with E-state index >= 15 is 0 Å². The Labute approximate surface area is 304 Å². The fraction of sp³-hybridized carbons (Fsp3) is 0.0638. The van der Waals surface area contributed by atoms with E-state index in [1.165, 1.54) is 0 Å². The number of aromatic nitrogens is 3. The summed E-state index contributed by atoms with van der Waals surface area (Å²) in [6, 6.07) is 54.8. The van der Waals surface area contributed by atoms with E-state index in [0.717, 1.165) is 77.0 Å². The normalized spacial score (nSPS) is 14.1. The van der Waals surface area contributed by atoms with Crippen LogP contribution in [0.5, 0.6) is 0 Å². The molecule has 53 heavy (non-hydrogen) atoms. The molecule has 3 aromatic heterocycles. The van der Waals surface area contributed by atoms with E-state index in [9.17, 15) is 9.90 Å². The molecular weight excluding hydrogens is 655 g/mol. The molecule has 6 aromatic carbocycles.